The molecule has 8 heteroatoms. The van der Waals surface area contributed by atoms with Gasteiger partial charge >= 0.3 is 6.18 Å². The van der Waals surface area contributed by atoms with Gasteiger partial charge in [0.1, 0.15) is 5.75 Å². The summed E-state index contributed by atoms with van der Waals surface area (Å²) in [5.41, 5.74) is 11.9. The predicted octanol–water partition coefficient (Wildman–Crippen LogP) is 6.35. The molecule has 0 saturated carbocycles. The Morgan fingerprint density at radius 2 is 1.61 bits per heavy atom. The average molecular weight is 477 g/mol. The molecule has 1 aliphatic heterocycles. The number of halogens is 3. The number of allylic oxidation sites excluding steroid dienone is 2. The highest BCUT2D eigenvalue weighted by atomic mass is 19.4. The lowest BCUT2D eigenvalue weighted by Gasteiger charge is -2.24. The van der Waals surface area contributed by atoms with E-state index in [-0.39, 0.29) is 17.3 Å². The largest absolute Gasteiger partial charge is 0.507 e. The number of phenols is 1. The van der Waals surface area contributed by atoms with E-state index in [2.05, 4.69) is 10.6 Å². The summed E-state index contributed by atoms with van der Waals surface area (Å²) < 4.78 is 38.0. The molecule has 0 aliphatic carbocycles. The summed E-state index contributed by atoms with van der Waals surface area (Å²) in [4.78, 5) is 0. The zero-order chi connectivity index (χ0) is 26.6. The molecule has 194 valence electrons. The van der Waals surface area contributed by atoms with Gasteiger partial charge in [-0.15, -0.1) is 0 Å². The summed E-state index contributed by atoms with van der Waals surface area (Å²) in [6, 6.07) is 2.92. The van der Waals surface area contributed by atoms with E-state index in [0.717, 1.165) is 38.1 Å². The first kappa shape index (κ1) is 35.2. The second-order valence-electron chi connectivity index (χ2n) is 6.11. The van der Waals surface area contributed by atoms with Gasteiger partial charge < -0.3 is 27.2 Å². The zero-order valence-electron chi connectivity index (χ0n) is 22.0. The molecule has 0 aromatic heterocycles. The van der Waals surface area contributed by atoms with E-state index in [1.54, 1.807) is 13.0 Å². The summed E-state index contributed by atoms with van der Waals surface area (Å²) in [6.07, 6.45) is -0.853. The number of benzene rings is 1. The number of hydrogen-bond acceptors (Lipinski definition) is 5. The van der Waals surface area contributed by atoms with Crippen LogP contribution in [0.4, 0.5) is 13.2 Å². The maximum Gasteiger partial charge on any atom is 0.416 e. The van der Waals surface area contributed by atoms with Crippen LogP contribution < -0.4 is 22.1 Å². The molecule has 5 nitrogen and oxygen atoms in total. The number of hydrogen-bond donors (Lipinski definition) is 5. The Morgan fingerprint density at radius 3 is 2.03 bits per heavy atom. The van der Waals surface area contributed by atoms with Crippen molar-refractivity contribution in [3.8, 4) is 5.75 Å². The Hall–Kier alpha value is -2.35. The number of piperidine rings is 1. The highest BCUT2D eigenvalue weighted by Gasteiger charge is 2.31. The summed E-state index contributed by atoms with van der Waals surface area (Å²) >= 11 is 0. The van der Waals surface area contributed by atoms with Crippen LogP contribution in [0.1, 0.15) is 86.3 Å². The van der Waals surface area contributed by atoms with Gasteiger partial charge in [0.15, 0.2) is 0 Å². The monoisotopic (exact) mass is 476 g/mol. The molecule has 0 amide bonds. The van der Waals surface area contributed by atoms with Crippen molar-refractivity contribution in [2.24, 2.45) is 11.5 Å². The quantitative estimate of drug-likeness (QED) is 0.326. The Morgan fingerprint density at radius 1 is 1.06 bits per heavy atom. The molecule has 2 rings (SSSR count). The number of nitrogens with one attached hydrogen (secondary N) is 2. The molecule has 1 aromatic rings. The van der Waals surface area contributed by atoms with E-state index < -0.39 is 17.5 Å². The Bertz CT molecular complexity index is 681. The van der Waals surface area contributed by atoms with Crippen LogP contribution >= 0.6 is 0 Å². The fraction of sp³-hybridized carbons (Fsp3) is 0.600. The van der Waals surface area contributed by atoms with E-state index in [1.165, 1.54) is 0 Å². The zero-order valence-corrected chi connectivity index (χ0v) is 22.0. The molecular weight excluding hydrogens is 429 g/mol. The van der Waals surface area contributed by atoms with Crippen molar-refractivity contribution in [1.29, 1.82) is 0 Å². The van der Waals surface area contributed by atoms with Crippen molar-refractivity contribution < 1.29 is 18.3 Å². The van der Waals surface area contributed by atoms with E-state index in [4.69, 9.17) is 11.5 Å². The van der Waals surface area contributed by atoms with Gasteiger partial charge in [-0.3, -0.25) is 0 Å². The molecule has 1 saturated heterocycles. The van der Waals surface area contributed by atoms with Gasteiger partial charge in [-0.2, -0.15) is 13.2 Å². The lowest BCUT2D eigenvalue weighted by Crippen LogP contribution is -2.44. The third-order valence-electron chi connectivity index (χ3n) is 4.08. The number of nitrogens with two attached hydrogens (primary N) is 2. The van der Waals surface area contributed by atoms with Gasteiger partial charge in [0.25, 0.3) is 0 Å². The first-order valence-corrected chi connectivity index (χ1v) is 12.0. The minimum atomic E-state index is -4.52. The molecule has 0 spiro atoms. The molecule has 1 unspecified atom stereocenters. The number of alkyl halides is 3. The van der Waals surface area contributed by atoms with Crippen LogP contribution in [0.25, 0.3) is 5.70 Å². The molecule has 0 bridgehead atoms. The number of aromatic hydroxyl groups is 1. The average Bonchev–Trinajstić information content (AvgIpc) is 2.83. The van der Waals surface area contributed by atoms with Crippen molar-refractivity contribution in [1.82, 2.24) is 10.6 Å². The first-order valence-electron chi connectivity index (χ1n) is 12.0. The standard InChI is InChI=1S/C17H23F3N4O.4C2H6/c1-10(7-15(21)24-12-3-2-6-23-9-12)16(22)13-5-4-11(8-14(13)25)17(18,19)20;4*1-2/h4-5,7-8,12,23-25H,2-3,6,9,21-22H2,1H3;4*1-2H3/b15-7+,16-10-;;;;. The molecular formula is C25H47F3N4O. The molecule has 1 aliphatic rings. The topological polar surface area (TPSA) is 96.3 Å². The van der Waals surface area contributed by atoms with Crippen LogP contribution in [0.5, 0.6) is 5.75 Å². The van der Waals surface area contributed by atoms with Gasteiger partial charge in [0, 0.05) is 23.8 Å². The molecule has 0 radical (unpaired) electrons. The van der Waals surface area contributed by atoms with Crippen molar-refractivity contribution in [2.45, 2.75) is 87.4 Å². The van der Waals surface area contributed by atoms with Gasteiger partial charge in [-0.25, -0.2) is 0 Å². The third kappa shape index (κ3) is 13.7. The Labute approximate surface area is 199 Å². The number of rotatable bonds is 4. The van der Waals surface area contributed by atoms with E-state index in [0.29, 0.717) is 17.5 Å². The normalized spacial score (nSPS) is 16.0. The Kier molecular flexibility index (Phi) is 21.6. The van der Waals surface area contributed by atoms with Gasteiger partial charge in [0.05, 0.1) is 11.4 Å². The van der Waals surface area contributed by atoms with Gasteiger partial charge in [-0.05, 0) is 56.2 Å². The van der Waals surface area contributed by atoms with Crippen molar-refractivity contribution in [3.63, 3.8) is 0 Å². The Balaban J connectivity index is -0.00000101. The van der Waals surface area contributed by atoms with Crippen molar-refractivity contribution in [2.75, 3.05) is 13.1 Å². The van der Waals surface area contributed by atoms with Gasteiger partial charge in [0.2, 0.25) is 0 Å². The minimum Gasteiger partial charge on any atom is -0.507 e. The lowest BCUT2D eigenvalue weighted by atomic mass is 10.0. The lowest BCUT2D eigenvalue weighted by molar-refractivity contribution is -0.137. The molecule has 1 fully saturated rings. The van der Waals surface area contributed by atoms with Crippen LogP contribution in [0.2, 0.25) is 0 Å². The SMILES string of the molecule is CC.CC.CC.CC.CC(/C=C(\N)NC1CCCNC1)=C(/N)c1ccc(C(F)(F)F)cc1O. The molecule has 1 heterocycles. The molecule has 33 heavy (non-hydrogen) atoms. The predicted molar refractivity (Wildman–Crippen MR) is 137 cm³/mol. The van der Waals surface area contributed by atoms with Crippen LogP contribution in [0, 0.1) is 0 Å². The second kappa shape index (κ2) is 20.3. The fourth-order valence-electron chi connectivity index (χ4n) is 2.71. The van der Waals surface area contributed by atoms with E-state index in [9.17, 15) is 18.3 Å². The maximum absolute atomic E-state index is 12.7. The summed E-state index contributed by atoms with van der Waals surface area (Å²) in [7, 11) is 0. The van der Waals surface area contributed by atoms with Crippen molar-refractivity contribution in [3.05, 3.63) is 46.8 Å². The molecule has 1 atom stereocenters. The summed E-state index contributed by atoms with van der Waals surface area (Å²) in [5, 5.41) is 16.3. The molecule has 1 aromatic carbocycles. The maximum atomic E-state index is 12.7. The highest BCUT2D eigenvalue weighted by molar-refractivity contribution is 5.72. The van der Waals surface area contributed by atoms with E-state index in [1.807, 2.05) is 55.4 Å². The van der Waals surface area contributed by atoms with Crippen LogP contribution in [-0.4, -0.2) is 24.2 Å². The second-order valence-corrected chi connectivity index (χ2v) is 6.11. The third-order valence-corrected chi connectivity index (χ3v) is 4.08. The summed E-state index contributed by atoms with van der Waals surface area (Å²) in [6.45, 7) is 19.5. The van der Waals surface area contributed by atoms with Crippen molar-refractivity contribution >= 4 is 5.70 Å². The van der Waals surface area contributed by atoms with Crippen LogP contribution in [-0.2, 0) is 6.18 Å². The van der Waals surface area contributed by atoms with Crippen LogP contribution in [0.15, 0.2) is 35.7 Å². The van der Waals surface area contributed by atoms with Crippen LogP contribution in [0.3, 0.4) is 0 Å². The minimum absolute atomic E-state index is 0.133. The first-order chi connectivity index (χ1) is 15.7. The highest BCUT2D eigenvalue weighted by Crippen LogP contribution is 2.34. The number of phenolic OH excluding ortho intramolecular Hbond substituents is 1. The summed E-state index contributed by atoms with van der Waals surface area (Å²) in [5.74, 6) is -0.108. The van der Waals surface area contributed by atoms with E-state index >= 15 is 0 Å². The molecule has 7 N–H and O–H groups in total. The van der Waals surface area contributed by atoms with Gasteiger partial charge in [-0.1, -0.05) is 55.4 Å². The smallest absolute Gasteiger partial charge is 0.416 e. The fourth-order valence-corrected chi connectivity index (χ4v) is 2.71.